The van der Waals surface area contributed by atoms with Crippen LogP contribution in [0.2, 0.25) is 5.02 Å². The van der Waals surface area contributed by atoms with Gasteiger partial charge in [-0.1, -0.05) is 37.6 Å². The molecule has 1 amide bonds. The Hall–Kier alpha value is -1.68. The lowest BCUT2D eigenvalue weighted by molar-refractivity contribution is -0.142. The average Bonchev–Trinajstić information content (AvgIpc) is 2.71. The number of carbonyl (C=O) groups is 2. The van der Waals surface area contributed by atoms with Crippen LogP contribution in [0.25, 0.3) is 0 Å². The van der Waals surface area contributed by atoms with E-state index in [1.165, 1.54) is 17.5 Å². The van der Waals surface area contributed by atoms with Crippen LogP contribution in [0.3, 0.4) is 0 Å². The zero-order valence-electron chi connectivity index (χ0n) is 17.7. The van der Waals surface area contributed by atoms with Gasteiger partial charge < -0.3 is 9.64 Å². The first-order valence-electron chi connectivity index (χ1n) is 9.96. The number of esters is 1. The number of hydrogen-bond donors (Lipinski definition) is 0. The molecule has 0 aliphatic carbocycles. The minimum absolute atomic E-state index is 0.0738. The minimum atomic E-state index is -3.70. The number of sulfonamides is 1. The van der Waals surface area contributed by atoms with Crippen molar-refractivity contribution in [2.75, 3.05) is 52.9 Å². The molecule has 2 rings (SSSR count). The molecule has 1 saturated heterocycles. The third-order valence-corrected chi connectivity index (χ3v) is 7.29. The average molecular weight is 460 g/mol. The molecule has 8 nitrogen and oxygen atoms in total. The maximum Gasteiger partial charge on any atom is 0.306 e. The summed E-state index contributed by atoms with van der Waals surface area (Å²) < 4.78 is 31.7. The van der Waals surface area contributed by atoms with Gasteiger partial charge in [0.15, 0.2) is 0 Å². The molecule has 1 heterocycles. The first-order valence-corrected chi connectivity index (χ1v) is 11.8. The molecule has 1 aromatic rings. The molecule has 1 aliphatic heterocycles. The summed E-state index contributed by atoms with van der Waals surface area (Å²) in [5, 5.41) is 0.186. The second-order valence-electron chi connectivity index (χ2n) is 7.67. The largest absolute Gasteiger partial charge is 0.469 e. The lowest BCUT2D eigenvalue weighted by Crippen LogP contribution is -2.52. The van der Waals surface area contributed by atoms with Crippen molar-refractivity contribution < 1.29 is 22.7 Å². The summed E-state index contributed by atoms with van der Waals surface area (Å²) in [5.41, 5.74) is 0. The normalized spacial score (nSPS) is 15.6. The molecule has 1 aliphatic rings. The predicted octanol–water partition coefficient (Wildman–Crippen LogP) is 1.69. The molecule has 168 valence electrons. The van der Waals surface area contributed by atoms with E-state index in [-0.39, 0.29) is 47.8 Å². The van der Waals surface area contributed by atoms with E-state index in [4.69, 9.17) is 11.6 Å². The van der Waals surface area contributed by atoms with E-state index in [2.05, 4.69) is 4.74 Å². The Morgan fingerprint density at radius 3 is 2.37 bits per heavy atom. The maximum atomic E-state index is 12.8. The number of halogens is 1. The monoisotopic (exact) mass is 459 g/mol. The van der Waals surface area contributed by atoms with Crippen molar-refractivity contribution >= 4 is 33.5 Å². The summed E-state index contributed by atoms with van der Waals surface area (Å²) >= 11 is 6.06. The SMILES string of the molecule is COC(=O)CCN(CC(=O)N1CCN(S(=O)(=O)c2ccccc2Cl)CC1)CC(C)C. The van der Waals surface area contributed by atoms with Crippen LogP contribution in [0.5, 0.6) is 0 Å². The minimum Gasteiger partial charge on any atom is -0.469 e. The third-order valence-electron chi connectivity index (χ3n) is 4.89. The number of amides is 1. The molecule has 0 radical (unpaired) electrons. The van der Waals surface area contributed by atoms with Crippen molar-refractivity contribution in [3.63, 3.8) is 0 Å². The van der Waals surface area contributed by atoms with Crippen molar-refractivity contribution in [3.8, 4) is 0 Å². The quantitative estimate of drug-likeness (QED) is 0.522. The van der Waals surface area contributed by atoms with E-state index in [0.717, 1.165) is 0 Å². The fourth-order valence-corrected chi connectivity index (χ4v) is 5.28. The van der Waals surface area contributed by atoms with Gasteiger partial charge in [-0.15, -0.1) is 0 Å². The Labute approximate surface area is 183 Å². The summed E-state index contributed by atoms with van der Waals surface area (Å²) in [6.07, 6.45) is 0.223. The molecule has 0 atom stereocenters. The molecule has 0 bridgehead atoms. The third kappa shape index (κ3) is 6.66. The molecule has 0 N–H and O–H groups in total. The Kier molecular flexibility index (Phi) is 9.09. The van der Waals surface area contributed by atoms with Gasteiger partial charge in [0.25, 0.3) is 0 Å². The van der Waals surface area contributed by atoms with Crippen LogP contribution in [0.4, 0.5) is 0 Å². The molecule has 0 saturated carbocycles. The molecular weight excluding hydrogens is 430 g/mol. The number of nitrogens with zero attached hydrogens (tertiary/aromatic N) is 3. The summed E-state index contributed by atoms with van der Waals surface area (Å²) in [7, 11) is -2.36. The highest BCUT2D eigenvalue weighted by molar-refractivity contribution is 7.89. The van der Waals surface area contributed by atoms with E-state index in [1.807, 2.05) is 18.7 Å². The highest BCUT2D eigenvalue weighted by Gasteiger charge is 2.31. The molecule has 30 heavy (non-hydrogen) atoms. The van der Waals surface area contributed by atoms with Gasteiger partial charge >= 0.3 is 5.97 Å². The molecule has 10 heteroatoms. The van der Waals surface area contributed by atoms with Crippen LogP contribution in [-0.2, 0) is 24.3 Å². The summed E-state index contributed by atoms with van der Waals surface area (Å²) in [6, 6.07) is 6.35. The van der Waals surface area contributed by atoms with Gasteiger partial charge in [0.2, 0.25) is 15.9 Å². The molecule has 0 unspecified atom stereocenters. The Morgan fingerprint density at radius 1 is 1.17 bits per heavy atom. The number of rotatable bonds is 9. The molecule has 0 aromatic heterocycles. The van der Waals surface area contributed by atoms with E-state index in [9.17, 15) is 18.0 Å². The van der Waals surface area contributed by atoms with Gasteiger partial charge in [0, 0.05) is 39.3 Å². The van der Waals surface area contributed by atoms with Crippen molar-refractivity contribution in [2.24, 2.45) is 5.92 Å². The smallest absolute Gasteiger partial charge is 0.306 e. The summed E-state index contributed by atoms with van der Waals surface area (Å²) in [6.45, 7) is 6.47. The van der Waals surface area contributed by atoms with Gasteiger partial charge in [-0.2, -0.15) is 4.31 Å². The van der Waals surface area contributed by atoms with Crippen LogP contribution in [-0.4, -0.2) is 87.3 Å². The highest BCUT2D eigenvalue weighted by atomic mass is 35.5. The van der Waals surface area contributed by atoms with Crippen molar-refractivity contribution in [1.82, 2.24) is 14.1 Å². The van der Waals surface area contributed by atoms with Crippen LogP contribution in [0, 0.1) is 5.92 Å². The lowest BCUT2D eigenvalue weighted by atomic mass is 10.2. The Morgan fingerprint density at radius 2 is 1.80 bits per heavy atom. The Bertz CT molecular complexity index is 839. The van der Waals surface area contributed by atoms with E-state index in [0.29, 0.717) is 32.1 Å². The van der Waals surface area contributed by atoms with E-state index >= 15 is 0 Å². The van der Waals surface area contributed by atoms with Crippen LogP contribution in [0.1, 0.15) is 20.3 Å². The maximum absolute atomic E-state index is 12.8. The lowest BCUT2D eigenvalue weighted by Gasteiger charge is -2.35. The molecule has 1 fully saturated rings. The van der Waals surface area contributed by atoms with Gasteiger partial charge in [-0.3, -0.25) is 14.5 Å². The number of carbonyl (C=O) groups excluding carboxylic acids is 2. The predicted molar refractivity (Wildman–Crippen MR) is 115 cm³/mol. The Balaban J connectivity index is 1.95. The molecular formula is C20H30ClN3O5S. The topological polar surface area (TPSA) is 87.2 Å². The first kappa shape index (κ1) is 24.6. The van der Waals surface area contributed by atoms with Crippen molar-refractivity contribution in [3.05, 3.63) is 29.3 Å². The fourth-order valence-electron chi connectivity index (χ4n) is 3.36. The first-order chi connectivity index (χ1) is 14.1. The van der Waals surface area contributed by atoms with Crippen molar-refractivity contribution in [2.45, 2.75) is 25.2 Å². The number of methoxy groups -OCH3 is 1. The van der Waals surface area contributed by atoms with Gasteiger partial charge in [0.05, 0.1) is 25.1 Å². The molecule has 0 spiro atoms. The van der Waals surface area contributed by atoms with Crippen LogP contribution in [0.15, 0.2) is 29.2 Å². The number of hydrogen-bond acceptors (Lipinski definition) is 6. The van der Waals surface area contributed by atoms with Crippen LogP contribution < -0.4 is 0 Å². The zero-order chi connectivity index (χ0) is 22.3. The summed E-state index contributed by atoms with van der Waals surface area (Å²) in [5.74, 6) is -0.0436. The van der Waals surface area contributed by atoms with Gasteiger partial charge in [-0.25, -0.2) is 8.42 Å². The van der Waals surface area contributed by atoms with Crippen molar-refractivity contribution in [1.29, 1.82) is 0 Å². The van der Waals surface area contributed by atoms with Crippen LogP contribution >= 0.6 is 11.6 Å². The van der Waals surface area contributed by atoms with Gasteiger partial charge in [0.1, 0.15) is 4.90 Å². The fraction of sp³-hybridized carbons (Fsp3) is 0.600. The molecule has 1 aromatic carbocycles. The number of piperazine rings is 1. The number of ether oxygens (including phenoxy) is 1. The number of benzene rings is 1. The highest BCUT2D eigenvalue weighted by Crippen LogP contribution is 2.25. The van der Waals surface area contributed by atoms with E-state index in [1.54, 1.807) is 23.1 Å². The summed E-state index contributed by atoms with van der Waals surface area (Å²) in [4.78, 5) is 27.9. The van der Waals surface area contributed by atoms with E-state index < -0.39 is 10.0 Å². The zero-order valence-corrected chi connectivity index (χ0v) is 19.3. The second-order valence-corrected chi connectivity index (χ2v) is 9.98. The van der Waals surface area contributed by atoms with Gasteiger partial charge in [-0.05, 0) is 18.1 Å². The second kappa shape index (κ2) is 11.1. The standard InChI is InChI=1S/C20H30ClN3O5S/c1-16(2)14-22(9-8-20(26)29-3)15-19(25)23-10-12-24(13-11-23)30(27,28)18-7-5-4-6-17(18)21/h4-7,16H,8-15H2,1-3H3.